The van der Waals surface area contributed by atoms with Crippen LogP contribution in [-0.4, -0.2) is 40.4 Å². The molecule has 0 aromatic carbocycles. The van der Waals surface area contributed by atoms with E-state index in [0.717, 1.165) is 12.1 Å². The number of amides is 2. The quantitative estimate of drug-likeness (QED) is 0.856. The van der Waals surface area contributed by atoms with Crippen molar-refractivity contribution in [2.45, 2.75) is 39.7 Å². The third kappa shape index (κ3) is 2.89. The molecule has 1 saturated heterocycles. The molecule has 0 saturated carbocycles. The van der Waals surface area contributed by atoms with Crippen LogP contribution in [0.2, 0.25) is 0 Å². The summed E-state index contributed by atoms with van der Waals surface area (Å²) in [6.45, 7) is 6.77. The number of hydrogen-bond donors (Lipinski definition) is 2. The molecule has 0 aliphatic carbocycles. The highest BCUT2D eigenvalue weighted by Crippen LogP contribution is 2.22. The highest BCUT2D eigenvalue weighted by atomic mass is 16.5. The molecule has 1 aliphatic heterocycles. The van der Waals surface area contributed by atoms with E-state index in [-0.39, 0.29) is 11.9 Å². The molecule has 6 heteroatoms. The molecular formula is C13H21N3O3. The average molecular weight is 267 g/mol. The lowest BCUT2D eigenvalue weighted by atomic mass is 9.96. The van der Waals surface area contributed by atoms with Gasteiger partial charge < -0.3 is 19.8 Å². The van der Waals surface area contributed by atoms with Gasteiger partial charge >= 0.3 is 6.03 Å². The zero-order valence-corrected chi connectivity index (χ0v) is 11.6. The Bertz CT molecular complexity index is 458. The van der Waals surface area contributed by atoms with Gasteiger partial charge in [0.25, 0.3) is 0 Å². The summed E-state index contributed by atoms with van der Waals surface area (Å²) in [5.74, 6) is 0.851. The molecule has 2 unspecified atom stereocenters. The van der Waals surface area contributed by atoms with Crippen molar-refractivity contribution in [2.24, 2.45) is 5.92 Å². The molecule has 1 fully saturated rings. The van der Waals surface area contributed by atoms with Crippen molar-refractivity contribution in [1.29, 1.82) is 0 Å². The molecule has 1 aromatic rings. The monoisotopic (exact) mass is 267 g/mol. The van der Waals surface area contributed by atoms with Gasteiger partial charge in [0.15, 0.2) is 5.76 Å². The Morgan fingerprint density at radius 1 is 1.63 bits per heavy atom. The molecule has 0 bridgehead atoms. The normalized spacial score (nSPS) is 23.5. The van der Waals surface area contributed by atoms with Crippen molar-refractivity contribution in [3.8, 4) is 0 Å². The van der Waals surface area contributed by atoms with Crippen LogP contribution in [0.4, 0.5) is 10.5 Å². The first-order chi connectivity index (χ1) is 9.02. The van der Waals surface area contributed by atoms with E-state index in [2.05, 4.69) is 10.5 Å². The van der Waals surface area contributed by atoms with Gasteiger partial charge in [-0.25, -0.2) is 4.79 Å². The van der Waals surface area contributed by atoms with E-state index in [1.807, 2.05) is 13.8 Å². The van der Waals surface area contributed by atoms with E-state index in [9.17, 15) is 9.90 Å². The maximum absolute atomic E-state index is 12.2. The molecule has 106 valence electrons. The Hall–Kier alpha value is -1.56. The summed E-state index contributed by atoms with van der Waals surface area (Å²) in [4.78, 5) is 13.8. The number of β-amino-alcohol motifs (C(OH)–C–C–N with tert-alkyl or cyclic N) is 1. The van der Waals surface area contributed by atoms with Gasteiger partial charge in [0.1, 0.15) is 11.4 Å². The lowest BCUT2D eigenvalue weighted by Crippen LogP contribution is -2.47. The predicted molar refractivity (Wildman–Crippen MR) is 71.0 cm³/mol. The molecule has 1 aromatic heterocycles. The Morgan fingerprint density at radius 3 is 3.00 bits per heavy atom. The van der Waals surface area contributed by atoms with Crippen LogP contribution in [0.1, 0.15) is 31.7 Å². The second-order valence-electron chi connectivity index (χ2n) is 5.12. The van der Waals surface area contributed by atoms with Gasteiger partial charge in [-0.15, -0.1) is 0 Å². The number of hydrogen-bond acceptors (Lipinski definition) is 4. The van der Waals surface area contributed by atoms with Crippen molar-refractivity contribution >= 4 is 11.7 Å². The molecule has 6 nitrogen and oxygen atoms in total. The van der Waals surface area contributed by atoms with E-state index in [1.54, 1.807) is 11.8 Å². The number of piperidine rings is 1. The van der Waals surface area contributed by atoms with Gasteiger partial charge in [-0.3, -0.25) is 0 Å². The second-order valence-corrected chi connectivity index (χ2v) is 5.12. The lowest BCUT2D eigenvalue weighted by Gasteiger charge is -2.34. The smallest absolute Gasteiger partial charge is 0.322 e. The highest BCUT2D eigenvalue weighted by molar-refractivity contribution is 5.90. The van der Waals surface area contributed by atoms with Gasteiger partial charge in [0, 0.05) is 13.1 Å². The fourth-order valence-electron chi connectivity index (χ4n) is 2.24. The van der Waals surface area contributed by atoms with Crippen LogP contribution in [0.25, 0.3) is 0 Å². The van der Waals surface area contributed by atoms with Crippen molar-refractivity contribution in [2.75, 3.05) is 18.4 Å². The minimum atomic E-state index is -0.450. The zero-order valence-electron chi connectivity index (χ0n) is 11.6. The number of carbonyl (C=O) groups is 1. The first kappa shape index (κ1) is 13.9. The van der Waals surface area contributed by atoms with E-state index in [4.69, 9.17) is 4.52 Å². The number of carbonyl (C=O) groups excluding carboxylic acids is 1. The average Bonchev–Trinajstić information content (AvgIpc) is 2.74. The number of urea groups is 1. The zero-order chi connectivity index (χ0) is 14.0. The lowest BCUT2D eigenvalue weighted by molar-refractivity contribution is 0.0463. The molecule has 19 heavy (non-hydrogen) atoms. The van der Waals surface area contributed by atoms with E-state index < -0.39 is 6.10 Å². The summed E-state index contributed by atoms with van der Waals surface area (Å²) in [5, 5.41) is 16.6. The number of rotatable bonds is 2. The summed E-state index contributed by atoms with van der Waals surface area (Å²) < 4.78 is 5.08. The Labute approximate surface area is 112 Å². The van der Waals surface area contributed by atoms with Crippen molar-refractivity contribution < 1.29 is 14.4 Å². The van der Waals surface area contributed by atoms with Crippen molar-refractivity contribution in [3.05, 3.63) is 11.5 Å². The SMILES string of the molecule is CCc1noc(C)c1NC(=O)N1CCC(C)C(O)C1. The first-order valence-corrected chi connectivity index (χ1v) is 6.72. The first-order valence-electron chi connectivity index (χ1n) is 6.72. The van der Waals surface area contributed by atoms with Crippen LogP contribution in [0, 0.1) is 12.8 Å². The van der Waals surface area contributed by atoms with Crippen LogP contribution < -0.4 is 5.32 Å². The Morgan fingerprint density at radius 2 is 2.37 bits per heavy atom. The third-order valence-electron chi connectivity index (χ3n) is 3.71. The van der Waals surface area contributed by atoms with E-state index >= 15 is 0 Å². The van der Waals surface area contributed by atoms with Gasteiger partial charge in [0.05, 0.1) is 6.10 Å². The van der Waals surface area contributed by atoms with Gasteiger partial charge in [-0.05, 0) is 25.7 Å². The number of aromatic nitrogens is 1. The standard InChI is InChI=1S/C13H21N3O3/c1-4-10-12(9(3)19-15-10)14-13(18)16-6-5-8(2)11(17)7-16/h8,11,17H,4-7H2,1-3H3,(H,14,18). The maximum atomic E-state index is 12.2. The number of aliphatic hydroxyl groups is 1. The van der Waals surface area contributed by atoms with Crippen molar-refractivity contribution in [1.82, 2.24) is 10.1 Å². The summed E-state index contributed by atoms with van der Waals surface area (Å²) in [6.07, 6.45) is 1.07. The fraction of sp³-hybridized carbons (Fsp3) is 0.692. The molecule has 2 N–H and O–H groups in total. The van der Waals surface area contributed by atoms with Crippen LogP contribution >= 0.6 is 0 Å². The summed E-state index contributed by atoms with van der Waals surface area (Å²) in [6, 6.07) is -0.202. The molecule has 2 rings (SSSR count). The van der Waals surface area contributed by atoms with E-state index in [1.165, 1.54) is 0 Å². The number of nitrogens with zero attached hydrogens (tertiary/aromatic N) is 2. The number of likely N-dealkylation sites (tertiary alicyclic amines) is 1. The molecule has 0 radical (unpaired) electrons. The number of aryl methyl sites for hydroxylation is 2. The van der Waals surface area contributed by atoms with Crippen LogP contribution in [0.5, 0.6) is 0 Å². The number of nitrogens with one attached hydrogen (secondary N) is 1. The van der Waals surface area contributed by atoms with Gasteiger partial charge in [0.2, 0.25) is 0 Å². The topological polar surface area (TPSA) is 78.6 Å². The largest absolute Gasteiger partial charge is 0.391 e. The fourth-order valence-corrected chi connectivity index (χ4v) is 2.24. The van der Waals surface area contributed by atoms with Crippen LogP contribution in [-0.2, 0) is 6.42 Å². The molecule has 2 heterocycles. The van der Waals surface area contributed by atoms with Crippen LogP contribution in [0.3, 0.4) is 0 Å². The predicted octanol–water partition coefficient (Wildman–Crippen LogP) is 1.78. The Balaban J connectivity index is 2.03. The number of anilines is 1. The second kappa shape index (κ2) is 5.61. The molecule has 2 atom stereocenters. The summed E-state index contributed by atoms with van der Waals surface area (Å²) in [7, 11) is 0. The van der Waals surface area contributed by atoms with Crippen molar-refractivity contribution in [3.63, 3.8) is 0 Å². The van der Waals surface area contributed by atoms with Crippen LogP contribution in [0.15, 0.2) is 4.52 Å². The summed E-state index contributed by atoms with van der Waals surface area (Å²) >= 11 is 0. The minimum Gasteiger partial charge on any atom is -0.391 e. The summed E-state index contributed by atoms with van der Waals surface area (Å²) in [5.41, 5.74) is 1.40. The third-order valence-corrected chi connectivity index (χ3v) is 3.71. The minimum absolute atomic E-state index is 0.202. The highest BCUT2D eigenvalue weighted by Gasteiger charge is 2.28. The molecular weight excluding hydrogens is 246 g/mol. The van der Waals surface area contributed by atoms with E-state index in [0.29, 0.717) is 31.0 Å². The molecule has 1 aliphatic rings. The maximum Gasteiger partial charge on any atom is 0.322 e. The molecule has 0 spiro atoms. The number of aliphatic hydroxyl groups excluding tert-OH is 1. The van der Waals surface area contributed by atoms with Gasteiger partial charge in [-0.1, -0.05) is 19.0 Å². The molecule has 2 amide bonds. The van der Waals surface area contributed by atoms with Gasteiger partial charge in [-0.2, -0.15) is 0 Å². The Kier molecular flexibility index (Phi) is 4.09.